The first kappa shape index (κ1) is 10.1. The Morgan fingerprint density at radius 1 is 0.833 bits per heavy atom. The molecule has 0 bridgehead atoms. The molecule has 4 unspecified atom stereocenters. The number of hydrogen-bond acceptors (Lipinski definition) is 0. The highest BCUT2D eigenvalue weighted by atomic mass is 14.4. The van der Waals surface area contributed by atoms with Crippen LogP contribution in [-0.2, 0) is 0 Å². The molecule has 0 heteroatoms. The van der Waals surface area contributed by atoms with E-state index in [4.69, 9.17) is 0 Å². The summed E-state index contributed by atoms with van der Waals surface area (Å²) in [4.78, 5) is 0. The Morgan fingerprint density at radius 3 is 1.58 bits per heavy atom. The van der Waals surface area contributed by atoms with Crippen molar-refractivity contribution >= 4 is 0 Å². The maximum absolute atomic E-state index is 2.44. The summed E-state index contributed by atoms with van der Waals surface area (Å²) >= 11 is 0. The Morgan fingerprint density at radius 2 is 1.25 bits per heavy atom. The highest BCUT2D eigenvalue weighted by molar-refractivity contribution is 4.80. The Labute approximate surface area is 77.7 Å². The molecule has 0 spiro atoms. The van der Waals surface area contributed by atoms with Gasteiger partial charge in [-0.15, -0.1) is 0 Å². The maximum atomic E-state index is 2.44. The Kier molecular flexibility index (Phi) is 3.61. The molecular weight excluding hydrogens is 144 g/mol. The largest absolute Gasteiger partial charge is 0.0651 e. The van der Waals surface area contributed by atoms with Crippen molar-refractivity contribution in [2.75, 3.05) is 0 Å². The van der Waals surface area contributed by atoms with Gasteiger partial charge in [-0.25, -0.2) is 0 Å². The van der Waals surface area contributed by atoms with Crippen molar-refractivity contribution in [2.45, 2.75) is 53.4 Å². The van der Waals surface area contributed by atoms with Crippen molar-refractivity contribution in [3.8, 4) is 0 Å². The fourth-order valence-corrected chi connectivity index (χ4v) is 2.96. The van der Waals surface area contributed by atoms with E-state index in [0.29, 0.717) is 0 Å². The summed E-state index contributed by atoms with van der Waals surface area (Å²) in [6.07, 6.45) is 5.75. The fraction of sp³-hybridized carbons (Fsp3) is 1.00. The van der Waals surface area contributed by atoms with Crippen LogP contribution in [-0.4, -0.2) is 0 Å². The van der Waals surface area contributed by atoms with Gasteiger partial charge in [0.05, 0.1) is 0 Å². The Balaban J connectivity index is 2.50. The van der Waals surface area contributed by atoms with E-state index in [9.17, 15) is 0 Å². The lowest BCUT2D eigenvalue weighted by Gasteiger charge is -2.38. The first-order valence-electron chi connectivity index (χ1n) is 5.69. The molecule has 0 aliphatic heterocycles. The molecule has 12 heavy (non-hydrogen) atoms. The zero-order chi connectivity index (χ0) is 9.14. The molecule has 0 nitrogen and oxygen atoms in total. The second-order valence-electron chi connectivity index (χ2n) is 4.76. The SMILES string of the molecule is CCC1CC(CC)C(C)CC1C. The normalized spacial score (nSPS) is 43.0. The minimum absolute atomic E-state index is 0.979. The Bertz CT molecular complexity index is 114. The van der Waals surface area contributed by atoms with Gasteiger partial charge in [0.1, 0.15) is 0 Å². The van der Waals surface area contributed by atoms with Gasteiger partial charge in [-0.2, -0.15) is 0 Å². The number of hydrogen-bond donors (Lipinski definition) is 0. The van der Waals surface area contributed by atoms with Crippen LogP contribution in [0, 0.1) is 23.7 Å². The zero-order valence-electron chi connectivity index (χ0n) is 9.14. The molecule has 0 aromatic rings. The third-order valence-corrected chi connectivity index (χ3v) is 4.01. The molecule has 0 heterocycles. The lowest BCUT2D eigenvalue weighted by Crippen LogP contribution is -2.28. The summed E-state index contributed by atoms with van der Waals surface area (Å²) in [5, 5.41) is 0. The molecule has 0 saturated heterocycles. The molecule has 72 valence electrons. The molecule has 0 radical (unpaired) electrons. The molecule has 0 amide bonds. The quantitative estimate of drug-likeness (QED) is 0.582. The smallest absolute Gasteiger partial charge is 0.0388 e. The van der Waals surface area contributed by atoms with E-state index < -0.39 is 0 Å². The van der Waals surface area contributed by atoms with Gasteiger partial charge in [0, 0.05) is 0 Å². The van der Waals surface area contributed by atoms with Crippen molar-refractivity contribution < 1.29 is 0 Å². The van der Waals surface area contributed by atoms with Gasteiger partial charge >= 0.3 is 0 Å². The lowest BCUT2D eigenvalue weighted by molar-refractivity contribution is 0.126. The summed E-state index contributed by atoms with van der Waals surface area (Å²) < 4.78 is 0. The van der Waals surface area contributed by atoms with Crippen LogP contribution < -0.4 is 0 Å². The molecule has 1 fully saturated rings. The molecule has 0 aromatic heterocycles. The van der Waals surface area contributed by atoms with Gasteiger partial charge in [-0.1, -0.05) is 40.5 Å². The second-order valence-corrected chi connectivity index (χ2v) is 4.76. The van der Waals surface area contributed by atoms with E-state index in [0.717, 1.165) is 23.7 Å². The summed E-state index contributed by atoms with van der Waals surface area (Å²) in [7, 11) is 0. The van der Waals surface area contributed by atoms with Gasteiger partial charge in [0.15, 0.2) is 0 Å². The monoisotopic (exact) mass is 168 g/mol. The maximum Gasteiger partial charge on any atom is -0.0388 e. The van der Waals surface area contributed by atoms with Crippen LogP contribution in [0.25, 0.3) is 0 Å². The summed E-state index contributed by atoms with van der Waals surface area (Å²) in [6.45, 7) is 9.58. The molecule has 0 N–H and O–H groups in total. The molecule has 1 rings (SSSR count). The molecule has 0 aromatic carbocycles. The third kappa shape index (κ3) is 2.02. The van der Waals surface area contributed by atoms with E-state index in [1.54, 1.807) is 0 Å². The van der Waals surface area contributed by atoms with Crippen LogP contribution in [0.5, 0.6) is 0 Å². The van der Waals surface area contributed by atoms with Crippen LogP contribution in [0.15, 0.2) is 0 Å². The average molecular weight is 168 g/mol. The van der Waals surface area contributed by atoms with Crippen LogP contribution in [0.4, 0.5) is 0 Å². The van der Waals surface area contributed by atoms with Crippen molar-refractivity contribution in [1.82, 2.24) is 0 Å². The molecular formula is C12H24. The van der Waals surface area contributed by atoms with Crippen molar-refractivity contribution in [3.63, 3.8) is 0 Å². The molecule has 1 aliphatic rings. The highest BCUT2D eigenvalue weighted by Gasteiger charge is 2.30. The summed E-state index contributed by atoms with van der Waals surface area (Å²) in [6, 6.07) is 0. The summed E-state index contributed by atoms with van der Waals surface area (Å²) in [5.74, 6) is 4.00. The van der Waals surface area contributed by atoms with E-state index in [1.165, 1.54) is 25.7 Å². The van der Waals surface area contributed by atoms with Crippen molar-refractivity contribution in [2.24, 2.45) is 23.7 Å². The average Bonchev–Trinajstić information content (AvgIpc) is 2.05. The van der Waals surface area contributed by atoms with Gasteiger partial charge in [-0.3, -0.25) is 0 Å². The third-order valence-electron chi connectivity index (χ3n) is 4.01. The van der Waals surface area contributed by atoms with E-state index in [-0.39, 0.29) is 0 Å². The van der Waals surface area contributed by atoms with Crippen molar-refractivity contribution in [3.05, 3.63) is 0 Å². The van der Waals surface area contributed by atoms with Crippen molar-refractivity contribution in [1.29, 1.82) is 0 Å². The first-order valence-corrected chi connectivity index (χ1v) is 5.69. The van der Waals surface area contributed by atoms with Gasteiger partial charge in [-0.05, 0) is 36.5 Å². The van der Waals surface area contributed by atoms with Gasteiger partial charge in [0.25, 0.3) is 0 Å². The van der Waals surface area contributed by atoms with Crippen LogP contribution >= 0.6 is 0 Å². The van der Waals surface area contributed by atoms with Crippen LogP contribution in [0.2, 0.25) is 0 Å². The predicted molar refractivity (Wildman–Crippen MR) is 55.1 cm³/mol. The molecule has 1 aliphatic carbocycles. The topological polar surface area (TPSA) is 0 Å². The lowest BCUT2D eigenvalue weighted by atomic mass is 9.68. The second kappa shape index (κ2) is 4.30. The van der Waals surface area contributed by atoms with E-state index in [2.05, 4.69) is 27.7 Å². The van der Waals surface area contributed by atoms with Crippen LogP contribution in [0.1, 0.15) is 53.4 Å². The fourth-order valence-electron chi connectivity index (χ4n) is 2.96. The zero-order valence-corrected chi connectivity index (χ0v) is 9.14. The number of rotatable bonds is 2. The van der Waals surface area contributed by atoms with Gasteiger partial charge in [0.2, 0.25) is 0 Å². The standard InChI is InChI=1S/C12H24/c1-5-11-8-12(6-2)10(4)7-9(11)3/h9-12H,5-8H2,1-4H3. The molecule has 4 atom stereocenters. The molecule has 1 saturated carbocycles. The minimum atomic E-state index is 0.979. The summed E-state index contributed by atoms with van der Waals surface area (Å²) in [5.41, 5.74) is 0. The Hall–Kier alpha value is 0. The van der Waals surface area contributed by atoms with E-state index in [1.807, 2.05) is 0 Å². The van der Waals surface area contributed by atoms with E-state index >= 15 is 0 Å². The van der Waals surface area contributed by atoms with Gasteiger partial charge < -0.3 is 0 Å². The predicted octanol–water partition coefficient (Wildman–Crippen LogP) is 4.10. The van der Waals surface area contributed by atoms with Crippen LogP contribution in [0.3, 0.4) is 0 Å². The minimum Gasteiger partial charge on any atom is -0.0651 e. The first-order chi connectivity index (χ1) is 5.69. The highest BCUT2D eigenvalue weighted by Crippen LogP contribution is 2.40.